The van der Waals surface area contributed by atoms with E-state index in [1.54, 1.807) is 0 Å². The number of aryl methyl sites for hydroxylation is 1. The summed E-state index contributed by atoms with van der Waals surface area (Å²) in [7, 11) is 0. The van der Waals surface area contributed by atoms with E-state index in [1.807, 2.05) is 30.5 Å². The second-order valence-corrected chi connectivity index (χ2v) is 8.20. The molecule has 0 radical (unpaired) electrons. The fraction of sp³-hybridized carbons (Fsp3) is 0.556. The average Bonchev–Trinajstić information content (AvgIpc) is 2.78. The third kappa shape index (κ3) is 9.11. The van der Waals surface area contributed by atoms with Crippen LogP contribution in [-0.4, -0.2) is 17.6 Å². The first kappa shape index (κ1) is 24.1. The molecule has 0 bridgehead atoms. The molecule has 0 saturated heterocycles. The van der Waals surface area contributed by atoms with E-state index in [-0.39, 0.29) is 5.97 Å². The zero-order valence-electron chi connectivity index (χ0n) is 19.0. The molecular formula is C27H39NO2. The zero-order valence-corrected chi connectivity index (χ0v) is 19.0. The van der Waals surface area contributed by atoms with E-state index in [4.69, 9.17) is 4.74 Å². The number of unbranched alkanes of at least 4 members (excludes halogenated alkanes) is 9. The van der Waals surface area contributed by atoms with Crippen LogP contribution in [0.5, 0.6) is 0 Å². The van der Waals surface area contributed by atoms with E-state index < -0.39 is 0 Å². The van der Waals surface area contributed by atoms with E-state index in [1.165, 1.54) is 63.4 Å². The maximum Gasteiger partial charge on any atom is 0.338 e. The van der Waals surface area contributed by atoms with Gasteiger partial charge in [0.2, 0.25) is 0 Å². The van der Waals surface area contributed by atoms with Gasteiger partial charge in [0.05, 0.1) is 17.9 Å². The second kappa shape index (κ2) is 14.8. The number of rotatable bonds is 15. The maximum atomic E-state index is 12.2. The van der Waals surface area contributed by atoms with Gasteiger partial charge in [0.25, 0.3) is 0 Å². The van der Waals surface area contributed by atoms with Gasteiger partial charge in [-0.05, 0) is 43.0 Å². The van der Waals surface area contributed by atoms with Crippen LogP contribution in [0.15, 0.2) is 42.6 Å². The Morgan fingerprint density at radius 2 is 1.40 bits per heavy atom. The van der Waals surface area contributed by atoms with Crippen LogP contribution in [0, 0.1) is 0 Å². The highest BCUT2D eigenvalue weighted by molar-refractivity contribution is 5.90. The van der Waals surface area contributed by atoms with Crippen molar-refractivity contribution in [2.45, 2.75) is 90.9 Å². The van der Waals surface area contributed by atoms with Crippen LogP contribution in [-0.2, 0) is 11.2 Å². The molecule has 0 fully saturated rings. The summed E-state index contributed by atoms with van der Waals surface area (Å²) in [5, 5.41) is 0. The van der Waals surface area contributed by atoms with E-state index in [0.29, 0.717) is 12.2 Å². The molecule has 0 spiro atoms. The largest absolute Gasteiger partial charge is 0.462 e. The van der Waals surface area contributed by atoms with E-state index in [0.717, 1.165) is 30.5 Å². The molecule has 2 aromatic rings. The van der Waals surface area contributed by atoms with Gasteiger partial charge in [-0.25, -0.2) is 4.79 Å². The average molecular weight is 410 g/mol. The van der Waals surface area contributed by atoms with Crippen LogP contribution in [0.4, 0.5) is 0 Å². The van der Waals surface area contributed by atoms with Gasteiger partial charge in [-0.15, -0.1) is 0 Å². The van der Waals surface area contributed by atoms with Gasteiger partial charge in [-0.3, -0.25) is 4.98 Å². The summed E-state index contributed by atoms with van der Waals surface area (Å²) in [5.74, 6) is -0.233. The Morgan fingerprint density at radius 1 is 0.767 bits per heavy atom. The van der Waals surface area contributed by atoms with Gasteiger partial charge >= 0.3 is 5.97 Å². The van der Waals surface area contributed by atoms with Crippen LogP contribution in [0.25, 0.3) is 11.3 Å². The highest BCUT2D eigenvalue weighted by Crippen LogP contribution is 2.19. The summed E-state index contributed by atoms with van der Waals surface area (Å²) in [6.07, 6.45) is 16.7. The monoisotopic (exact) mass is 409 g/mol. The molecule has 30 heavy (non-hydrogen) atoms. The molecule has 0 aliphatic carbocycles. The van der Waals surface area contributed by atoms with Crippen molar-refractivity contribution in [3.05, 3.63) is 53.7 Å². The highest BCUT2D eigenvalue weighted by atomic mass is 16.5. The fourth-order valence-corrected chi connectivity index (χ4v) is 3.58. The number of ether oxygens (including phenoxy) is 1. The third-order valence-electron chi connectivity index (χ3n) is 5.54. The minimum absolute atomic E-state index is 0.233. The number of hydrogen-bond acceptors (Lipinski definition) is 3. The Morgan fingerprint density at radius 3 is 2.03 bits per heavy atom. The molecule has 1 aromatic carbocycles. The van der Waals surface area contributed by atoms with Crippen molar-refractivity contribution >= 4 is 5.97 Å². The second-order valence-electron chi connectivity index (χ2n) is 8.20. The summed E-state index contributed by atoms with van der Waals surface area (Å²) in [6, 6.07) is 11.8. The van der Waals surface area contributed by atoms with Crippen LogP contribution >= 0.6 is 0 Å². The Bertz CT molecular complexity index is 707. The standard InChI is InChI=1S/C27H39NO2/c1-3-5-7-8-9-10-11-13-21-30-27(29)25-18-16-24(17-19-25)26-20-15-23(22-28-26)14-12-6-4-2/h15-20,22H,3-14,21H2,1-2H3. The molecular weight excluding hydrogens is 370 g/mol. The molecule has 164 valence electrons. The minimum Gasteiger partial charge on any atom is -0.462 e. The highest BCUT2D eigenvalue weighted by Gasteiger charge is 2.08. The predicted octanol–water partition coefficient (Wildman–Crippen LogP) is 7.78. The predicted molar refractivity (Wildman–Crippen MR) is 126 cm³/mol. The first-order valence-corrected chi connectivity index (χ1v) is 12.0. The number of hydrogen-bond donors (Lipinski definition) is 0. The lowest BCUT2D eigenvalue weighted by molar-refractivity contribution is 0.0497. The molecule has 0 unspecified atom stereocenters. The molecule has 3 heteroatoms. The van der Waals surface area contributed by atoms with Crippen molar-refractivity contribution < 1.29 is 9.53 Å². The summed E-state index contributed by atoms with van der Waals surface area (Å²) in [4.78, 5) is 16.8. The number of pyridine rings is 1. The van der Waals surface area contributed by atoms with Gasteiger partial charge in [-0.2, -0.15) is 0 Å². The molecule has 0 aliphatic heterocycles. The lowest BCUT2D eigenvalue weighted by atomic mass is 10.1. The molecule has 0 saturated carbocycles. The van der Waals surface area contributed by atoms with E-state index in [2.05, 4.69) is 31.0 Å². The van der Waals surface area contributed by atoms with Crippen molar-refractivity contribution in [2.24, 2.45) is 0 Å². The Kier molecular flexibility index (Phi) is 11.9. The van der Waals surface area contributed by atoms with E-state index >= 15 is 0 Å². The van der Waals surface area contributed by atoms with Crippen LogP contribution < -0.4 is 0 Å². The Labute approximate surface area is 183 Å². The van der Waals surface area contributed by atoms with Crippen LogP contribution in [0.2, 0.25) is 0 Å². The lowest BCUT2D eigenvalue weighted by Gasteiger charge is -2.07. The topological polar surface area (TPSA) is 39.2 Å². The molecule has 0 N–H and O–H groups in total. The van der Waals surface area contributed by atoms with Crippen molar-refractivity contribution in [1.29, 1.82) is 0 Å². The van der Waals surface area contributed by atoms with Crippen LogP contribution in [0.3, 0.4) is 0 Å². The lowest BCUT2D eigenvalue weighted by Crippen LogP contribution is -2.06. The number of aromatic nitrogens is 1. The first-order chi connectivity index (χ1) is 14.7. The number of nitrogens with zero attached hydrogens (tertiary/aromatic N) is 1. The van der Waals surface area contributed by atoms with Crippen LogP contribution in [0.1, 0.15) is 100 Å². The molecule has 2 rings (SSSR count). The van der Waals surface area contributed by atoms with Crippen molar-refractivity contribution in [1.82, 2.24) is 4.98 Å². The normalized spacial score (nSPS) is 10.9. The summed E-state index contributed by atoms with van der Waals surface area (Å²) in [6.45, 7) is 4.97. The Balaban J connectivity index is 1.70. The van der Waals surface area contributed by atoms with Gasteiger partial charge < -0.3 is 4.74 Å². The summed E-state index contributed by atoms with van der Waals surface area (Å²) < 4.78 is 5.43. The molecule has 3 nitrogen and oxygen atoms in total. The van der Waals surface area contributed by atoms with E-state index in [9.17, 15) is 4.79 Å². The summed E-state index contributed by atoms with van der Waals surface area (Å²) in [5.41, 5.74) is 3.85. The van der Waals surface area contributed by atoms with Gasteiger partial charge in [0.15, 0.2) is 0 Å². The molecule has 1 aromatic heterocycles. The quantitative estimate of drug-likeness (QED) is 0.223. The number of benzene rings is 1. The number of carbonyl (C=O) groups excluding carboxylic acids is 1. The zero-order chi connectivity index (χ0) is 21.4. The SMILES string of the molecule is CCCCCCCCCCOC(=O)c1ccc(-c2ccc(CCCCC)cn2)cc1. The van der Waals surface area contributed by atoms with Gasteiger partial charge in [-0.1, -0.05) is 89.8 Å². The van der Waals surface area contributed by atoms with Crippen molar-refractivity contribution in [3.8, 4) is 11.3 Å². The molecule has 0 atom stereocenters. The maximum absolute atomic E-state index is 12.2. The first-order valence-electron chi connectivity index (χ1n) is 12.0. The molecule has 0 aliphatic rings. The van der Waals surface area contributed by atoms with Gasteiger partial charge in [0, 0.05) is 11.8 Å². The number of esters is 1. The van der Waals surface area contributed by atoms with Gasteiger partial charge in [0.1, 0.15) is 0 Å². The smallest absolute Gasteiger partial charge is 0.338 e. The summed E-state index contributed by atoms with van der Waals surface area (Å²) >= 11 is 0. The number of carbonyl (C=O) groups is 1. The third-order valence-corrected chi connectivity index (χ3v) is 5.54. The Hall–Kier alpha value is -2.16. The molecule has 1 heterocycles. The van der Waals surface area contributed by atoms with Crippen molar-refractivity contribution in [2.75, 3.05) is 6.61 Å². The van der Waals surface area contributed by atoms with Crippen molar-refractivity contribution in [3.63, 3.8) is 0 Å². The minimum atomic E-state index is -0.233. The fourth-order valence-electron chi connectivity index (χ4n) is 3.58. The molecule has 0 amide bonds.